The van der Waals surface area contributed by atoms with Crippen LogP contribution in [0.3, 0.4) is 0 Å². The minimum absolute atomic E-state index is 0.151. The van der Waals surface area contributed by atoms with Gasteiger partial charge in [0.15, 0.2) is 0 Å². The summed E-state index contributed by atoms with van der Waals surface area (Å²) in [7, 11) is 0.372. The monoisotopic (exact) mass is 313 g/mol. The Balaban J connectivity index is 2.21. The quantitative estimate of drug-likeness (QED) is 0.922. The van der Waals surface area contributed by atoms with Crippen LogP contribution in [-0.4, -0.2) is 37.4 Å². The fourth-order valence-corrected chi connectivity index (χ4v) is 4.47. The van der Waals surface area contributed by atoms with E-state index in [1.54, 1.807) is 16.6 Å². The van der Waals surface area contributed by atoms with Crippen LogP contribution in [0.15, 0.2) is 17.2 Å². The summed E-state index contributed by atoms with van der Waals surface area (Å²) in [5.41, 5.74) is 1.13. The van der Waals surface area contributed by atoms with Crippen LogP contribution in [-0.2, 0) is 23.6 Å². The Bertz CT molecular complexity index is 599. The number of aryl methyl sites for hydroxylation is 1. The lowest BCUT2D eigenvalue weighted by Crippen LogP contribution is -2.31. The third-order valence-corrected chi connectivity index (χ3v) is 6.28. The first-order valence-corrected chi connectivity index (χ1v) is 8.90. The molecule has 0 radical (unpaired) electrons. The predicted octanol–water partition coefficient (Wildman–Crippen LogP) is 1.80. The molecule has 6 heteroatoms. The standard InChI is InChI=1S/C15H27N3O2S/c1-15(2,3)12-6-7-18(10-12)21(19,20)14-8-13(9-16-4)17(5)11-14/h8,11-12,16H,6-7,9-10H2,1-5H3. The van der Waals surface area contributed by atoms with Crippen molar-refractivity contribution in [3.63, 3.8) is 0 Å². The molecule has 0 spiro atoms. The Kier molecular flexibility index (Phi) is 4.52. The lowest BCUT2D eigenvalue weighted by Gasteiger charge is -2.26. The molecule has 1 unspecified atom stereocenters. The molecule has 1 aromatic heterocycles. The van der Waals surface area contributed by atoms with E-state index in [9.17, 15) is 8.42 Å². The summed E-state index contributed by atoms with van der Waals surface area (Å²) in [6.07, 6.45) is 2.66. The second-order valence-electron chi connectivity index (χ2n) is 7.02. The highest BCUT2D eigenvalue weighted by atomic mass is 32.2. The zero-order chi connectivity index (χ0) is 15.8. The van der Waals surface area contributed by atoms with Crippen LogP contribution in [0, 0.1) is 11.3 Å². The summed E-state index contributed by atoms with van der Waals surface area (Å²) in [5.74, 6) is 0.424. The van der Waals surface area contributed by atoms with Gasteiger partial charge in [0, 0.05) is 38.6 Å². The molecule has 2 rings (SSSR count). The van der Waals surface area contributed by atoms with Gasteiger partial charge in [-0.25, -0.2) is 8.42 Å². The molecule has 1 aliphatic heterocycles. The normalized spacial score (nSPS) is 21.1. The maximum Gasteiger partial charge on any atom is 0.244 e. The van der Waals surface area contributed by atoms with Crippen molar-refractivity contribution in [3.8, 4) is 0 Å². The largest absolute Gasteiger partial charge is 0.352 e. The zero-order valence-electron chi connectivity index (χ0n) is 13.7. The van der Waals surface area contributed by atoms with Gasteiger partial charge in [-0.2, -0.15) is 4.31 Å². The molecule has 1 saturated heterocycles. The smallest absolute Gasteiger partial charge is 0.244 e. The maximum absolute atomic E-state index is 12.8. The summed E-state index contributed by atoms with van der Waals surface area (Å²) in [4.78, 5) is 0.407. The molecule has 2 heterocycles. The minimum Gasteiger partial charge on any atom is -0.352 e. The third-order valence-electron chi connectivity index (χ3n) is 4.45. The Labute approximate surface area is 128 Å². The number of hydrogen-bond donors (Lipinski definition) is 1. The molecule has 21 heavy (non-hydrogen) atoms. The summed E-state index contributed by atoms with van der Waals surface area (Å²) in [5, 5.41) is 3.06. The van der Waals surface area contributed by atoms with Crippen LogP contribution in [0.25, 0.3) is 0 Å². The van der Waals surface area contributed by atoms with Gasteiger partial charge in [0.2, 0.25) is 10.0 Å². The van der Waals surface area contributed by atoms with Gasteiger partial charge < -0.3 is 9.88 Å². The second-order valence-corrected chi connectivity index (χ2v) is 8.96. The molecule has 0 amide bonds. The van der Waals surface area contributed by atoms with Crippen LogP contribution in [0.2, 0.25) is 0 Å². The van der Waals surface area contributed by atoms with Crippen molar-refractivity contribution in [2.24, 2.45) is 18.4 Å². The second kappa shape index (κ2) is 5.74. The van der Waals surface area contributed by atoms with E-state index in [1.807, 2.05) is 18.7 Å². The number of aromatic nitrogens is 1. The number of nitrogens with zero attached hydrogens (tertiary/aromatic N) is 2. The third kappa shape index (κ3) is 3.33. The van der Waals surface area contributed by atoms with E-state index in [4.69, 9.17) is 0 Å². The van der Waals surface area contributed by atoms with Gasteiger partial charge in [0.25, 0.3) is 0 Å². The van der Waals surface area contributed by atoms with Crippen molar-refractivity contribution in [3.05, 3.63) is 18.0 Å². The molecule has 1 atom stereocenters. The molecular weight excluding hydrogens is 286 g/mol. The van der Waals surface area contributed by atoms with Crippen LogP contribution >= 0.6 is 0 Å². The van der Waals surface area contributed by atoms with E-state index < -0.39 is 10.0 Å². The molecule has 5 nitrogen and oxygen atoms in total. The first-order valence-electron chi connectivity index (χ1n) is 7.46. The first kappa shape index (κ1) is 16.5. The van der Waals surface area contributed by atoms with Gasteiger partial charge in [-0.05, 0) is 30.9 Å². The summed E-state index contributed by atoms with van der Waals surface area (Å²) >= 11 is 0. The van der Waals surface area contributed by atoms with E-state index in [0.29, 0.717) is 30.4 Å². The topological polar surface area (TPSA) is 54.3 Å². The van der Waals surface area contributed by atoms with E-state index in [0.717, 1.165) is 12.1 Å². The zero-order valence-corrected chi connectivity index (χ0v) is 14.5. The van der Waals surface area contributed by atoms with Crippen molar-refractivity contribution in [2.45, 2.75) is 38.6 Å². The number of rotatable bonds is 4. The summed E-state index contributed by atoms with van der Waals surface area (Å²) in [6.45, 7) is 8.46. The lowest BCUT2D eigenvalue weighted by atomic mass is 9.80. The maximum atomic E-state index is 12.8. The van der Waals surface area contributed by atoms with Crippen LogP contribution < -0.4 is 5.32 Å². The molecule has 120 valence electrons. The van der Waals surface area contributed by atoms with Gasteiger partial charge in [-0.1, -0.05) is 20.8 Å². The van der Waals surface area contributed by atoms with E-state index in [2.05, 4.69) is 26.1 Å². The Morgan fingerprint density at radius 1 is 1.38 bits per heavy atom. The van der Waals surface area contributed by atoms with Gasteiger partial charge in [0.05, 0.1) is 0 Å². The highest BCUT2D eigenvalue weighted by molar-refractivity contribution is 7.89. The molecule has 1 N–H and O–H groups in total. The molecule has 0 saturated carbocycles. The fraction of sp³-hybridized carbons (Fsp3) is 0.733. The molecule has 1 aromatic rings. The van der Waals surface area contributed by atoms with E-state index in [-0.39, 0.29) is 5.41 Å². The Morgan fingerprint density at radius 2 is 2.05 bits per heavy atom. The number of hydrogen-bond acceptors (Lipinski definition) is 3. The molecule has 1 aliphatic rings. The Hall–Kier alpha value is -0.850. The van der Waals surface area contributed by atoms with Gasteiger partial charge in [0.1, 0.15) is 4.90 Å². The first-order chi connectivity index (χ1) is 9.66. The summed E-state index contributed by atoms with van der Waals surface area (Å²) < 4.78 is 29.1. The van der Waals surface area contributed by atoms with Crippen molar-refractivity contribution >= 4 is 10.0 Å². The average molecular weight is 313 g/mol. The number of nitrogens with one attached hydrogen (secondary N) is 1. The molecule has 0 bridgehead atoms. The SMILES string of the molecule is CNCc1cc(S(=O)(=O)N2CCC(C(C)(C)C)C2)cn1C. The highest BCUT2D eigenvalue weighted by Crippen LogP contribution is 2.35. The molecule has 1 fully saturated rings. The van der Waals surface area contributed by atoms with E-state index in [1.165, 1.54) is 0 Å². The number of sulfonamides is 1. The minimum atomic E-state index is -3.37. The fourth-order valence-electron chi connectivity index (χ4n) is 2.88. The van der Waals surface area contributed by atoms with Crippen molar-refractivity contribution in [1.29, 1.82) is 0 Å². The lowest BCUT2D eigenvalue weighted by molar-refractivity contribution is 0.252. The van der Waals surface area contributed by atoms with Crippen LogP contribution in [0.1, 0.15) is 32.9 Å². The average Bonchev–Trinajstić information content (AvgIpc) is 2.97. The van der Waals surface area contributed by atoms with Gasteiger partial charge in [-0.3, -0.25) is 0 Å². The molecule has 0 aromatic carbocycles. The van der Waals surface area contributed by atoms with Gasteiger partial charge >= 0.3 is 0 Å². The Morgan fingerprint density at radius 3 is 2.57 bits per heavy atom. The van der Waals surface area contributed by atoms with Gasteiger partial charge in [-0.15, -0.1) is 0 Å². The molecular formula is C15H27N3O2S. The predicted molar refractivity (Wildman–Crippen MR) is 84.5 cm³/mol. The van der Waals surface area contributed by atoms with E-state index >= 15 is 0 Å². The van der Waals surface area contributed by atoms with Crippen molar-refractivity contribution < 1.29 is 8.42 Å². The summed E-state index contributed by atoms with van der Waals surface area (Å²) in [6, 6.07) is 1.77. The van der Waals surface area contributed by atoms with Crippen molar-refractivity contribution in [2.75, 3.05) is 20.1 Å². The highest BCUT2D eigenvalue weighted by Gasteiger charge is 2.38. The van der Waals surface area contributed by atoms with Crippen LogP contribution in [0.4, 0.5) is 0 Å². The molecule has 0 aliphatic carbocycles. The van der Waals surface area contributed by atoms with Crippen LogP contribution in [0.5, 0.6) is 0 Å². The van der Waals surface area contributed by atoms with Crippen molar-refractivity contribution in [1.82, 2.24) is 14.2 Å².